The van der Waals surface area contributed by atoms with E-state index in [1.807, 2.05) is 0 Å². The molecule has 2 fully saturated rings. The fraction of sp³-hybridized carbons (Fsp3) is 0.938. The van der Waals surface area contributed by atoms with Crippen LogP contribution in [-0.4, -0.2) is 34.1 Å². The maximum absolute atomic E-state index is 11.4. The van der Waals surface area contributed by atoms with Crippen molar-refractivity contribution in [1.82, 2.24) is 0 Å². The maximum atomic E-state index is 11.4. The Hall–Kier alpha value is -0.233. The summed E-state index contributed by atoms with van der Waals surface area (Å²) in [6.07, 6.45) is 8.89. The average Bonchev–Trinajstić information content (AvgIpc) is 2.53. The Morgan fingerprint density at radius 1 is 1.14 bits per heavy atom. The lowest BCUT2D eigenvalue weighted by Crippen LogP contribution is -2.34. The monoisotopic (exact) mass is 313 g/mol. The minimum atomic E-state index is -1.35. The van der Waals surface area contributed by atoms with Gasteiger partial charge in [-0.3, -0.25) is 4.79 Å². The number of carbonyl (C=O) groups excluding carboxylic acids is 1. The predicted octanol–water partition coefficient (Wildman–Crippen LogP) is 3.04. The Labute approximate surface area is 130 Å². The van der Waals surface area contributed by atoms with Crippen LogP contribution in [0.1, 0.15) is 58.3 Å². The van der Waals surface area contributed by atoms with Crippen LogP contribution in [0.3, 0.4) is 0 Å². The van der Waals surface area contributed by atoms with E-state index in [1.54, 1.807) is 7.11 Å². The zero-order valence-corrected chi connectivity index (χ0v) is 14.3. The van der Waals surface area contributed by atoms with Crippen LogP contribution in [0.15, 0.2) is 0 Å². The van der Waals surface area contributed by atoms with E-state index in [4.69, 9.17) is 14.0 Å². The Kier molecular flexibility index (Phi) is 6.86. The van der Waals surface area contributed by atoms with Crippen LogP contribution in [-0.2, 0) is 13.6 Å². The second-order valence-corrected chi connectivity index (χ2v) is 8.88. The summed E-state index contributed by atoms with van der Waals surface area (Å²) in [4.78, 5) is 11.4. The van der Waals surface area contributed by atoms with E-state index in [1.165, 1.54) is 25.7 Å². The van der Waals surface area contributed by atoms with Crippen molar-refractivity contribution in [2.45, 2.75) is 63.8 Å². The highest BCUT2D eigenvalue weighted by Crippen LogP contribution is 2.43. The van der Waals surface area contributed by atoms with Gasteiger partial charge in [-0.1, -0.05) is 19.8 Å². The van der Waals surface area contributed by atoms with Gasteiger partial charge < -0.3 is 14.0 Å². The number of aliphatic hydroxyl groups excluding tert-OH is 1. The van der Waals surface area contributed by atoms with Gasteiger partial charge in [-0.05, 0) is 43.4 Å². The third-order valence-electron chi connectivity index (χ3n) is 5.56. The molecule has 0 spiro atoms. The Balaban J connectivity index is 1.78. The molecule has 2 aliphatic rings. The summed E-state index contributed by atoms with van der Waals surface area (Å²) >= 11 is 0. The number of hydrogen-bond donors (Lipinski definition) is 1. The highest BCUT2D eigenvalue weighted by molar-refractivity contribution is 6.46. The van der Waals surface area contributed by atoms with E-state index in [9.17, 15) is 4.79 Å². The largest absolute Gasteiger partial charge is 0.397 e. The Morgan fingerprint density at radius 3 is 2.24 bits per heavy atom. The lowest BCUT2D eigenvalue weighted by atomic mass is 9.70. The molecular formula is C16H29O4Si. The molecule has 0 aromatic heterocycles. The molecule has 0 aliphatic heterocycles. The number of aliphatic hydroxyl groups is 1. The van der Waals surface area contributed by atoms with E-state index in [2.05, 4.69) is 6.92 Å². The van der Waals surface area contributed by atoms with Crippen LogP contribution in [0.4, 0.5) is 0 Å². The van der Waals surface area contributed by atoms with Crippen LogP contribution < -0.4 is 0 Å². The van der Waals surface area contributed by atoms with Gasteiger partial charge in [-0.25, -0.2) is 0 Å². The highest BCUT2D eigenvalue weighted by atomic mass is 28.3. The zero-order valence-electron chi connectivity index (χ0n) is 13.3. The molecule has 1 unspecified atom stereocenters. The molecule has 4 nitrogen and oxygen atoms in total. The minimum Gasteiger partial charge on any atom is -0.397 e. The Morgan fingerprint density at radius 2 is 1.71 bits per heavy atom. The molecule has 0 saturated heterocycles. The molecule has 0 aromatic carbocycles. The van der Waals surface area contributed by atoms with Gasteiger partial charge in [0, 0.05) is 25.5 Å². The first-order chi connectivity index (χ1) is 10.2. The maximum Gasteiger partial charge on any atom is 0.389 e. The molecular weight excluding hydrogens is 284 g/mol. The molecule has 2 aliphatic carbocycles. The fourth-order valence-electron chi connectivity index (χ4n) is 4.18. The summed E-state index contributed by atoms with van der Waals surface area (Å²) in [5, 5.41) is 8.94. The normalized spacial score (nSPS) is 29.8. The number of rotatable bonds is 6. The van der Waals surface area contributed by atoms with Crippen LogP contribution in [0.5, 0.6) is 0 Å². The number of hydrogen-bond acceptors (Lipinski definition) is 4. The molecule has 21 heavy (non-hydrogen) atoms. The quantitative estimate of drug-likeness (QED) is 0.605. The molecule has 2 saturated carbocycles. The van der Waals surface area contributed by atoms with Crippen LogP contribution >= 0.6 is 0 Å². The van der Waals surface area contributed by atoms with Gasteiger partial charge in [0.1, 0.15) is 12.6 Å². The van der Waals surface area contributed by atoms with Crippen molar-refractivity contribution in [3.05, 3.63) is 0 Å². The van der Waals surface area contributed by atoms with Crippen LogP contribution in [0.25, 0.3) is 0 Å². The first kappa shape index (κ1) is 17.1. The summed E-state index contributed by atoms with van der Waals surface area (Å²) in [5.74, 6) is 2.72. The van der Waals surface area contributed by atoms with Gasteiger partial charge in [0.15, 0.2) is 0 Å². The van der Waals surface area contributed by atoms with Crippen molar-refractivity contribution >= 4 is 15.1 Å². The fourth-order valence-corrected chi connectivity index (χ4v) is 5.78. The predicted molar refractivity (Wildman–Crippen MR) is 82.8 cm³/mol. The van der Waals surface area contributed by atoms with Crippen molar-refractivity contribution in [2.24, 2.45) is 17.8 Å². The van der Waals surface area contributed by atoms with Crippen molar-refractivity contribution in [3.63, 3.8) is 0 Å². The number of carbonyl (C=O) groups is 1. The highest BCUT2D eigenvalue weighted by Gasteiger charge is 2.36. The van der Waals surface area contributed by atoms with Gasteiger partial charge in [0.2, 0.25) is 0 Å². The molecule has 0 heterocycles. The average molecular weight is 313 g/mol. The summed E-state index contributed by atoms with van der Waals surface area (Å²) in [6, 6.07) is 0. The second-order valence-electron chi connectivity index (χ2n) is 6.64. The van der Waals surface area contributed by atoms with Crippen molar-refractivity contribution in [2.75, 3.05) is 13.9 Å². The SMILES string of the molecule is CO[Si](OCO)C(C)C1CCC(C2CCC(=O)CC2)CC1. The van der Waals surface area contributed by atoms with E-state index in [0.717, 1.165) is 37.5 Å². The van der Waals surface area contributed by atoms with Gasteiger partial charge in [0.05, 0.1) is 0 Å². The van der Waals surface area contributed by atoms with Gasteiger partial charge in [0.25, 0.3) is 0 Å². The summed E-state index contributed by atoms with van der Waals surface area (Å²) in [7, 11) is 0.331. The van der Waals surface area contributed by atoms with Crippen molar-refractivity contribution < 1.29 is 18.8 Å². The summed E-state index contributed by atoms with van der Waals surface area (Å²) in [6.45, 7) is 1.97. The molecule has 5 heteroatoms. The van der Waals surface area contributed by atoms with Gasteiger partial charge >= 0.3 is 9.28 Å². The van der Waals surface area contributed by atoms with Crippen molar-refractivity contribution in [3.8, 4) is 0 Å². The Bertz CT molecular complexity index is 318. The van der Waals surface area contributed by atoms with E-state index in [-0.39, 0.29) is 6.79 Å². The smallest absolute Gasteiger partial charge is 0.389 e. The lowest BCUT2D eigenvalue weighted by Gasteiger charge is -2.38. The zero-order chi connectivity index (χ0) is 15.2. The second kappa shape index (κ2) is 8.41. The van der Waals surface area contributed by atoms with Crippen LogP contribution in [0.2, 0.25) is 5.54 Å². The number of ketones is 1. The lowest BCUT2D eigenvalue weighted by molar-refractivity contribution is -0.121. The molecule has 1 atom stereocenters. The number of Topliss-reactive ketones (excluding diaryl/α,β-unsaturated/α-hetero) is 1. The molecule has 1 radical (unpaired) electrons. The first-order valence-corrected chi connectivity index (χ1v) is 9.71. The van der Waals surface area contributed by atoms with Crippen LogP contribution in [0, 0.1) is 17.8 Å². The minimum absolute atomic E-state index is 0.238. The van der Waals surface area contributed by atoms with E-state index in [0.29, 0.717) is 17.2 Å². The van der Waals surface area contributed by atoms with E-state index < -0.39 is 9.28 Å². The molecule has 2 rings (SSSR count). The molecule has 0 bridgehead atoms. The van der Waals surface area contributed by atoms with Gasteiger partial charge in [-0.15, -0.1) is 0 Å². The van der Waals surface area contributed by atoms with Gasteiger partial charge in [-0.2, -0.15) is 0 Å². The molecule has 0 aromatic rings. The molecule has 0 amide bonds. The molecule has 121 valence electrons. The molecule has 1 N–H and O–H groups in total. The third kappa shape index (κ3) is 4.62. The standard InChI is InChI=1S/C16H29O4Si/c1-12(21(19-2)20-11-17)13-3-5-14(6-4-13)15-7-9-16(18)10-8-15/h12-15,17H,3-11H2,1-2H3. The summed E-state index contributed by atoms with van der Waals surface area (Å²) < 4.78 is 10.8. The topological polar surface area (TPSA) is 55.8 Å². The summed E-state index contributed by atoms with van der Waals surface area (Å²) in [5.41, 5.74) is 0.418. The van der Waals surface area contributed by atoms with E-state index >= 15 is 0 Å². The first-order valence-electron chi connectivity index (χ1n) is 8.31. The third-order valence-corrected chi connectivity index (χ3v) is 7.59. The van der Waals surface area contributed by atoms with Crippen molar-refractivity contribution in [1.29, 1.82) is 0 Å².